The maximum atomic E-state index is 13.1. The lowest BCUT2D eigenvalue weighted by Crippen LogP contribution is -2.22. The van der Waals surface area contributed by atoms with E-state index in [1.807, 2.05) is 39.0 Å². The van der Waals surface area contributed by atoms with Crippen molar-refractivity contribution in [3.63, 3.8) is 0 Å². The largest absolute Gasteiger partial charge is 0.326 e. The number of aromatic nitrogens is 2. The molecule has 0 saturated carbocycles. The first-order chi connectivity index (χ1) is 14.1. The summed E-state index contributed by atoms with van der Waals surface area (Å²) in [6, 6.07) is 12.1. The Kier molecular flexibility index (Phi) is 6.19. The van der Waals surface area contributed by atoms with Gasteiger partial charge in [0.15, 0.2) is 0 Å². The van der Waals surface area contributed by atoms with Gasteiger partial charge in [0, 0.05) is 24.4 Å². The molecule has 1 heterocycles. The summed E-state index contributed by atoms with van der Waals surface area (Å²) in [7, 11) is 0. The van der Waals surface area contributed by atoms with Crippen molar-refractivity contribution in [2.45, 2.75) is 33.2 Å². The Bertz CT molecular complexity index is 1120. The van der Waals surface area contributed by atoms with E-state index >= 15 is 0 Å². The Balaban J connectivity index is 1.99. The second-order valence-electron chi connectivity index (χ2n) is 7.82. The normalized spacial score (nSPS) is 11.3. The number of halogens is 2. The quantitative estimate of drug-likeness (QED) is 0.531. The molecule has 0 bridgehead atoms. The highest BCUT2D eigenvalue weighted by Crippen LogP contribution is 2.32. The average molecular weight is 445 g/mol. The van der Waals surface area contributed by atoms with Crippen molar-refractivity contribution in [3.8, 4) is 11.3 Å². The van der Waals surface area contributed by atoms with Crippen molar-refractivity contribution in [2.24, 2.45) is 0 Å². The summed E-state index contributed by atoms with van der Waals surface area (Å²) >= 11 is 12.7. The number of rotatable bonds is 4. The molecule has 0 aliphatic rings. The lowest BCUT2D eigenvalue weighted by atomic mass is 10.1. The van der Waals surface area contributed by atoms with E-state index in [2.05, 4.69) is 15.7 Å². The van der Waals surface area contributed by atoms with Gasteiger partial charge in [0.1, 0.15) is 5.69 Å². The van der Waals surface area contributed by atoms with Crippen molar-refractivity contribution < 1.29 is 9.59 Å². The van der Waals surface area contributed by atoms with Crippen LogP contribution in [0.4, 0.5) is 11.4 Å². The van der Waals surface area contributed by atoms with Gasteiger partial charge in [-0.05, 0) is 45.0 Å². The molecule has 156 valence electrons. The van der Waals surface area contributed by atoms with E-state index in [4.69, 9.17) is 23.2 Å². The van der Waals surface area contributed by atoms with Gasteiger partial charge in [0.05, 0.1) is 26.8 Å². The lowest BCUT2D eigenvalue weighted by molar-refractivity contribution is -0.114. The SMILES string of the molecule is CC(=O)Nc1ccc(NC(=O)c2cn(C(C)(C)C)nc2-c2ccccc2Cl)c(Cl)c1. The van der Waals surface area contributed by atoms with Gasteiger partial charge < -0.3 is 10.6 Å². The minimum absolute atomic E-state index is 0.207. The number of hydrogen-bond donors (Lipinski definition) is 2. The first-order valence-corrected chi connectivity index (χ1v) is 10.1. The summed E-state index contributed by atoms with van der Waals surface area (Å²) < 4.78 is 1.74. The number of amides is 2. The molecule has 0 fully saturated rings. The molecule has 30 heavy (non-hydrogen) atoms. The number of nitrogens with one attached hydrogen (secondary N) is 2. The molecule has 0 atom stereocenters. The van der Waals surface area contributed by atoms with Crippen LogP contribution < -0.4 is 10.6 Å². The average Bonchev–Trinajstić information content (AvgIpc) is 3.09. The van der Waals surface area contributed by atoms with Crippen LogP contribution in [0.5, 0.6) is 0 Å². The Morgan fingerprint density at radius 1 is 1.00 bits per heavy atom. The summed E-state index contributed by atoms with van der Waals surface area (Å²) in [6.07, 6.45) is 1.70. The third-order valence-corrected chi connectivity index (χ3v) is 4.96. The summed E-state index contributed by atoms with van der Waals surface area (Å²) in [6.45, 7) is 7.40. The summed E-state index contributed by atoms with van der Waals surface area (Å²) in [4.78, 5) is 24.3. The van der Waals surface area contributed by atoms with Gasteiger partial charge in [-0.15, -0.1) is 0 Å². The fourth-order valence-corrected chi connectivity index (χ4v) is 3.28. The Labute approximate surface area is 185 Å². The van der Waals surface area contributed by atoms with Crippen molar-refractivity contribution >= 4 is 46.4 Å². The molecule has 0 spiro atoms. The predicted octanol–water partition coefficient (Wildman–Crippen LogP) is 5.82. The lowest BCUT2D eigenvalue weighted by Gasteiger charge is -2.18. The van der Waals surface area contributed by atoms with Crippen LogP contribution in [0, 0.1) is 0 Å². The van der Waals surface area contributed by atoms with Crippen molar-refractivity contribution in [1.29, 1.82) is 0 Å². The second-order valence-corrected chi connectivity index (χ2v) is 8.63. The zero-order valence-corrected chi connectivity index (χ0v) is 18.6. The molecule has 0 unspecified atom stereocenters. The molecule has 8 heteroatoms. The molecule has 0 saturated heterocycles. The van der Waals surface area contributed by atoms with Gasteiger partial charge in [-0.3, -0.25) is 14.3 Å². The monoisotopic (exact) mass is 444 g/mol. The van der Waals surface area contributed by atoms with Gasteiger partial charge >= 0.3 is 0 Å². The Morgan fingerprint density at radius 2 is 1.70 bits per heavy atom. The molecule has 6 nitrogen and oxygen atoms in total. The molecular formula is C22H22Cl2N4O2. The summed E-state index contributed by atoms with van der Waals surface area (Å²) in [5, 5.41) is 10.9. The van der Waals surface area contributed by atoms with Crippen LogP contribution in [0.2, 0.25) is 10.0 Å². The highest BCUT2D eigenvalue weighted by Gasteiger charge is 2.24. The molecule has 0 aliphatic carbocycles. The molecule has 1 aromatic heterocycles. The molecule has 3 aromatic rings. The van der Waals surface area contributed by atoms with Gasteiger partial charge in [0.25, 0.3) is 5.91 Å². The fraction of sp³-hybridized carbons (Fsp3) is 0.227. The first kappa shape index (κ1) is 21.9. The number of nitrogens with zero attached hydrogens (tertiary/aromatic N) is 2. The second kappa shape index (κ2) is 8.50. The summed E-state index contributed by atoms with van der Waals surface area (Å²) in [5.41, 5.74) is 2.16. The molecule has 0 aliphatic heterocycles. The Morgan fingerprint density at radius 3 is 2.30 bits per heavy atom. The minimum atomic E-state index is -0.366. The zero-order valence-electron chi connectivity index (χ0n) is 17.1. The number of carbonyl (C=O) groups excluding carboxylic acids is 2. The van der Waals surface area contributed by atoms with Gasteiger partial charge in [-0.25, -0.2) is 0 Å². The summed E-state index contributed by atoms with van der Waals surface area (Å²) in [5.74, 6) is -0.573. The molecule has 2 amide bonds. The molecule has 0 radical (unpaired) electrons. The highest BCUT2D eigenvalue weighted by atomic mass is 35.5. The van der Waals surface area contributed by atoms with E-state index in [0.29, 0.717) is 38.2 Å². The van der Waals surface area contributed by atoms with Crippen molar-refractivity contribution in [1.82, 2.24) is 9.78 Å². The molecule has 3 rings (SSSR count). The van der Waals surface area contributed by atoms with Crippen LogP contribution in [-0.2, 0) is 10.3 Å². The van der Waals surface area contributed by atoms with Gasteiger partial charge in [0.2, 0.25) is 5.91 Å². The van der Waals surface area contributed by atoms with E-state index < -0.39 is 0 Å². The number of hydrogen-bond acceptors (Lipinski definition) is 3. The van der Waals surface area contributed by atoms with E-state index in [9.17, 15) is 9.59 Å². The van der Waals surface area contributed by atoms with E-state index in [0.717, 1.165) is 0 Å². The van der Waals surface area contributed by atoms with Gasteiger partial charge in [-0.1, -0.05) is 41.4 Å². The van der Waals surface area contributed by atoms with E-state index in [-0.39, 0.29) is 17.4 Å². The van der Waals surface area contributed by atoms with Crippen molar-refractivity contribution in [3.05, 3.63) is 64.3 Å². The van der Waals surface area contributed by atoms with Crippen molar-refractivity contribution in [2.75, 3.05) is 10.6 Å². The topological polar surface area (TPSA) is 76.0 Å². The fourth-order valence-electron chi connectivity index (χ4n) is 2.82. The number of carbonyl (C=O) groups is 2. The van der Waals surface area contributed by atoms with Crippen LogP contribution in [0.3, 0.4) is 0 Å². The van der Waals surface area contributed by atoms with Crippen LogP contribution in [-0.4, -0.2) is 21.6 Å². The minimum Gasteiger partial charge on any atom is -0.326 e. The molecular weight excluding hydrogens is 423 g/mol. The molecule has 2 aromatic carbocycles. The Hall–Kier alpha value is -2.83. The van der Waals surface area contributed by atoms with E-state index in [1.165, 1.54) is 6.92 Å². The van der Waals surface area contributed by atoms with Crippen LogP contribution in [0.25, 0.3) is 11.3 Å². The zero-order chi connectivity index (χ0) is 22.1. The van der Waals surface area contributed by atoms with Crippen LogP contribution in [0.15, 0.2) is 48.7 Å². The third-order valence-electron chi connectivity index (χ3n) is 4.31. The standard InChI is InChI=1S/C22H22Cl2N4O2/c1-13(29)25-14-9-10-19(18(24)11-14)26-21(30)16-12-28(22(2,3)4)27-20(16)15-7-5-6-8-17(15)23/h5-12H,1-4H3,(H,25,29)(H,26,30). The first-order valence-electron chi connectivity index (χ1n) is 9.30. The maximum Gasteiger partial charge on any atom is 0.259 e. The van der Waals surface area contributed by atoms with Crippen LogP contribution >= 0.6 is 23.2 Å². The van der Waals surface area contributed by atoms with E-state index in [1.54, 1.807) is 35.1 Å². The number of benzene rings is 2. The highest BCUT2D eigenvalue weighted by molar-refractivity contribution is 6.34. The van der Waals surface area contributed by atoms with Gasteiger partial charge in [-0.2, -0.15) is 5.10 Å². The smallest absolute Gasteiger partial charge is 0.259 e. The molecule has 2 N–H and O–H groups in total. The third kappa shape index (κ3) is 4.83. The predicted molar refractivity (Wildman–Crippen MR) is 121 cm³/mol. The maximum absolute atomic E-state index is 13.1. The number of anilines is 2. The van der Waals surface area contributed by atoms with Crippen LogP contribution in [0.1, 0.15) is 38.1 Å².